The number of amides is 2. The molecule has 2 amide bonds. The molecule has 3 N–H and O–H groups in total. The molecule has 0 radical (unpaired) electrons. The zero-order valence-electron chi connectivity index (χ0n) is 32.6. The van der Waals surface area contributed by atoms with Crippen molar-refractivity contribution in [2.24, 2.45) is 0 Å². The molecule has 0 unspecified atom stereocenters. The Labute approximate surface area is 338 Å². The van der Waals surface area contributed by atoms with Crippen molar-refractivity contribution in [1.29, 1.82) is 0 Å². The number of fused-ring (bicyclic) bond motifs is 3. The second-order valence-corrected chi connectivity index (χ2v) is 15.3. The van der Waals surface area contributed by atoms with Crippen molar-refractivity contribution in [1.82, 2.24) is 64.4 Å². The highest BCUT2D eigenvalue weighted by molar-refractivity contribution is 5.99. The number of likely N-dealkylation sites (N-methyl/N-ethyl adjacent to an activating group) is 1. The van der Waals surface area contributed by atoms with E-state index in [0.717, 1.165) is 53.9 Å². The first-order valence-corrected chi connectivity index (χ1v) is 19.8. The lowest BCUT2D eigenvalue weighted by Crippen LogP contribution is -2.49. The average molecular weight is 791 g/mol. The van der Waals surface area contributed by atoms with Gasteiger partial charge in [-0.15, -0.1) is 0 Å². The molecule has 0 saturated carbocycles. The van der Waals surface area contributed by atoms with Crippen molar-refractivity contribution < 1.29 is 9.59 Å². The minimum atomic E-state index is -0.109. The van der Waals surface area contributed by atoms with Crippen LogP contribution in [-0.2, 0) is 19.5 Å². The van der Waals surface area contributed by atoms with Crippen molar-refractivity contribution >= 4 is 51.6 Å². The summed E-state index contributed by atoms with van der Waals surface area (Å²) in [5.41, 5.74) is 13.6. The molecule has 10 rings (SSSR count). The van der Waals surface area contributed by atoms with Gasteiger partial charge < -0.3 is 35.2 Å². The van der Waals surface area contributed by atoms with E-state index >= 15 is 0 Å². The molecule has 298 valence electrons. The van der Waals surface area contributed by atoms with E-state index in [1.807, 2.05) is 37.7 Å². The van der Waals surface area contributed by atoms with Gasteiger partial charge in [0.1, 0.15) is 23.5 Å². The van der Waals surface area contributed by atoms with E-state index < -0.39 is 0 Å². The molecule has 18 heteroatoms. The summed E-state index contributed by atoms with van der Waals surface area (Å²) in [7, 11) is 2.11. The Balaban J connectivity index is 0.757. The van der Waals surface area contributed by atoms with Crippen LogP contribution >= 0.6 is 0 Å². The average Bonchev–Trinajstić information content (AvgIpc) is 3.91. The van der Waals surface area contributed by atoms with Gasteiger partial charge in [-0.1, -0.05) is 18.2 Å². The predicted octanol–water partition coefficient (Wildman–Crippen LogP) is 2.49. The number of benzene rings is 1. The number of H-pyrrole nitrogens is 1. The van der Waals surface area contributed by atoms with Crippen LogP contribution in [-0.4, -0.2) is 142 Å². The second kappa shape index (κ2) is 15.0. The lowest BCUT2D eigenvalue weighted by molar-refractivity contribution is 0.0729. The maximum Gasteiger partial charge on any atom is 0.257 e. The van der Waals surface area contributed by atoms with Crippen LogP contribution in [0.5, 0.6) is 0 Å². The molecular weight excluding hydrogens is 749 g/mol. The van der Waals surface area contributed by atoms with Gasteiger partial charge in [-0.2, -0.15) is 5.10 Å². The maximum absolute atomic E-state index is 13.6. The molecule has 0 bridgehead atoms. The van der Waals surface area contributed by atoms with Gasteiger partial charge in [-0.3, -0.25) is 9.59 Å². The quantitative estimate of drug-likeness (QED) is 0.239. The number of piperazine rings is 2. The summed E-state index contributed by atoms with van der Waals surface area (Å²) in [6, 6.07) is 10.3. The number of carbonyl (C=O) groups is 2. The Morgan fingerprint density at radius 1 is 0.712 bits per heavy atom. The molecule has 2 saturated heterocycles. The van der Waals surface area contributed by atoms with Crippen LogP contribution in [0.15, 0.2) is 73.8 Å². The van der Waals surface area contributed by atoms with Crippen molar-refractivity contribution in [3.05, 3.63) is 102 Å². The lowest BCUT2D eigenvalue weighted by atomic mass is 9.97. The van der Waals surface area contributed by atoms with Crippen LogP contribution in [0.4, 0.5) is 17.7 Å². The van der Waals surface area contributed by atoms with Crippen LogP contribution in [0.1, 0.15) is 37.4 Å². The number of nitrogens with two attached hydrogens (primary N) is 1. The van der Waals surface area contributed by atoms with Gasteiger partial charge in [0.25, 0.3) is 11.8 Å². The molecule has 2 fully saturated rings. The molecule has 9 heterocycles. The van der Waals surface area contributed by atoms with Crippen LogP contribution in [0.3, 0.4) is 0 Å². The fourth-order valence-electron chi connectivity index (χ4n) is 8.13. The molecule has 0 spiro atoms. The molecule has 18 nitrogen and oxygen atoms in total. The third kappa shape index (κ3) is 7.00. The number of hydrogen-bond acceptors (Lipinski definition) is 14. The minimum Gasteiger partial charge on any atom is -0.383 e. The monoisotopic (exact) mass is 790 g/mol. The summed E-state index contributed by atoms with van der Waals surface area (Å²) in [4.78, 5) is 71.6. The summed E-state index contributed by atoms with van der Waals surface area (Å²) >= 11 is 0. The molecule has 3 aliphatic rings. The Morgan fingerprint density at radius 3 is 2.10 bits per heavy atom. The number of nitrogen functional groups attached to an aromatic ring is 1. The molecule has 59 heavy (non-hydrogen) atoms. The number of nitrogens with one attached hydrogen (secondary N) is 1. The minimum absolute atomic E-state index is 0.0861. The Hall–Kier alpha value is -7.08. The topological polar surface area (TPSA) is 200 Å². The largest absolute Gasteiger partial charge is 0.383 e. The van der Waals surface area contributed by atoms with Crippen molar-refractivity contribution in [2.45, 2.75) is 19.5 Å². The summed E-state index contributed by atoms with van der Waals surface area (Å²) < 4.78 is 1.86. The Morgan fingerprint density at radius 2 is 1.39 bits per heavy atom. The molecule has 7 aromatic rings. The van der Waals surface area contributed by atoms with E-state index in [0.29, 0.717) is 97.8 Å². The number of anilines is 3. The Kier molecular flexibility index (Phi) is 9.23. The van der Waals surface area contributed by atoms with Crippen LogP contribution in [0.2, 0.25) is 0 Å². The van der Waals surface area contributed by atoms with Gasteiger partial charge in [-0.25, -0.2) is 39.6 Å². The zero-order valence-corrected chi connectivity index (χ0v) is 32.6. The van der Waals surface area contributed by atoms with Gasteiger partial charge in [0.05, 0.1) is 23.1 Å². The predicted molar refractivity (Wildman–Crippen MR) is 221 cm³/mol. The van der Waals surface area contributed by atoms with Crippen LogP contribution in [0.25, 0.3) is 33.3 Å². The van der Waals surface area contributed by atoms with Gasteiger partial charge >= 0.3 is 0 Å². The number of hydrogen-bond donors (Lipinski definition) is 2. The Bertz CT molecular complexity index is 2680. The number of aromatic nitrogens is 10. The van der Waals surface area contributed by atoms with E-state index in [1.165, 1.54) is 11.9 Å². The fourth-order valence-corrected chi connectivity index (χ4v) is 8.13. The van der Waals surface area contributed by atoms with E-state index in [1.54, 1.807) is 31.0 Å². The standard InChI is InChI=1S/C41H42N16O2/c1-52-8-10-54(11-9-52)40-45-19-31(20-46-40)38(58)53-12-14-55(15-13-53)41-47-21-32(22-48-41)39(59)56-7-5-27-16-26(2-3-29(27)24-56)23-57-37-33(35(42)49-25-50-37)34(51-57)30-17-28-4-6-43-36(28)44-18-30/h2-4,6,16-22,25H,5,7-15,23-24H2,1H3,(H,43,44)(H2,42,49,50). The second-order valence-electron chi connectivity index (χ2n) is 15.3. The molecule has 3 aliphatic heterocycles. The zero-order chi connectivity index (χ0) is 40.0. The molecule has 0 atom stereocenters. The highest BCUT2D eigenvalue weighted by Gasteiger charge is 2.27. The van der Waals surface area contributed by atoms with Gasteiger partial charge in [0, 0.05) is 114 Å². The maximum atomic E-state index is 13.6. The molecule has 6 aromatic heterocycles. The fraction of sp³-hybridized carbons (Fsp3) is 0.317. The summed E-state index contributed by atoms with van der Waals surface area (Å²) in [6.07, 6.45) is 12.3. The SMILES string of the molecule is CN1CCN(c2ncc(C(=O)N3CCN(c4ncc(C(=O)N5CCc6cc(Cn7nc(-c8cnc9[nH]ccc9c8)c8c(N)ncnc87)ccc6C5)cn4)CC3)cn2)CC1. The number of pyridine rings is 1. The number of carbonyl (C=O) groups excluding carboxylic acids is 2. The van der Waals surface area contributed by atoms with Crippen LogP contribution in [0, 0.1) is 0 Å². The van der Waals surface area contributed by atoms with Crippen molar-refractivity contribution in [3.63, 3.8) is 0 Å². The normalized spacial score (nSPS) is 16.2. The van der Waals surface area contributed by atoms with Gasteiger partial charge in [0.15, 0.2) is 5.65 Å². The van der Waals surface area contributed by atoms with Crippen LogP contribution < -0.4 is 15.5 Å². The van der Waals surface area contributed by atoms with Gasteiger partial charge in [0.2, 0.25) is 11.9 Å². The van der Waals surface area contributed by atoms with Crippen molar-refractivity contribution in [2.75, 3.05) is 81.5 Å². The van der Waals surface area contributed by atoms with E-state index in [4.69, 9.17) is 10.8 Å². The van der Waals surface area contributed by atoms with E-state index in [9.17, 15) is 9.59 Å². The molecule has 1 aromatic carbocycles. The first-order valence-electron chi connectivity index (χ1n) is 19.8. The number of aromatic amines is 1. The highest BCUT2D eigenvalue weighted by atomic mass is 16.2. The highest BCUT2D eigenvalue weighted by Crippen LogP contribution is 2.32. The molecular formula is C41H42N16O2. The molecule has 0 aliphatic carbocycles. The number of rotatable bonds is 7. The summed E-state index contributed by atoms with van der Waals surface area (Å²) in [5, 5.41) is 6.62. The lowest BCUT2D eigenvalue weighted by Gasteiger charge is -2.35. The summed E-state index contributed by atoms with van der Waals surface area (Å²) in [5.74, 6) is 1.36. The first kappa shape index (κ1) is 36.3. The number of nitrogens with zero attached hydrogens (tertiary/aromatic N) is 14. The third-order valence-corrected chi connectivity index (χ3v) is 11.5. The van der Waals surface area contributed by atoms with Crippen molar-refractivity contribution in [3.8, 4) is 11.3 Å². The summed E-state index contributed by atoms with van der Waals surface area (Å²) in [6.45, 7) is 7.39. The smallest absolute Gasteiger partial charge is 0.257 e. The third-order valence-electron chi connectivity index (χ3n) is 11.5. The van der Waals surface area contributed by atoms with E-state index in [2.05, 4.69) is 74.9 Å². The van der Waals surface area contributed by atoms with E-state index in [-0.39, 0.29) is 11.8 Å². The first-order chi connectivity index (χ1) is 28.8. The van der Waals surface area contributed by atoms with Gasteiger partial charge in [-0.05, 0) is 42.3 Å².